The largest absolute Gasteiger partial charge is 0.466 e. The van der Waals surface area contributed by atoms with E-state index >= 15 is 0 Å². The highest BCUT2D eigenvalue weighted by Gasteiger charge is 2.04. The summed E-state index contributed by atoms with van der Waals surface area (Å²) in [4.78, 5) is 11.7. The van der Waals surface area contributed by atoms with Gasteiger partial charge in [0.25, 0.3) is 0 Å². The molecule has 0 amide bonds. The van der Waals surface area contributed by atoms with Gasteiger partial charge in [0.1, 0.15) is 0 Å². The van der Waals surface area contributed by atoms with E-state index in [1.807, 2.05) is 0 Å². The zero-order valence-corrected chi connectivity index (χ0v) is 19.9. The molecule has 0 aromatic rings. The fourth-order valence-corrected chi connectivity index (χ4v) is 3.80. The van der Waals surface area contributed by atoms with Gasteiger partial charge in [-0.3, -0.25) is 4.79 Å². The van der Waals surface area contributed by atoms with Crippen molar-refractivity contribution in [2.45, 2.75) is 155 Å². The van der Waals surface area contributed by atoms with Gasteiger partial charge in [-0.1, -0.05) is 117 Å². The van der Waals surface area contributed by atoms with Gasteiger partial charge in [0.05, 0.1) is 12.7 Å². The van der Waals surface area contributed by atoms with E-state index in [4.69, 9.17) is 4.74 Å². The van der Waals surface area contributed by atoms with Crippen LogP contribution in [0.3, 0.4) is 0 Å². The Hall–Kier alpha value is -0.570. The molecule has 0 rings (SSSR count). The van der Waals surface area contributed by atoms with Gasteiger partial charge >= 0.3 is 5.97 Å². The van der Waals surface area contributed by atoms with Gasteiger partial charge in [0.2, 0.25) is 0 Å². The fraction of sp³-hybridized carbons (Fsp3) is 0.962. The third-order valence-electron chi connectivity index (χ3n) is 5.82. The number of esters is 1. The predicted molar refractivity (Wildman–Crippen MR) is 125 cm³/mol. The molecule has 0 heterocycles. The van der Waals surface area contributed by atoms with Gasteiger partial charge in [-0.25, -0.2) is 0 Å². The van der Waals surface area contributed by atoms with Crippen LogP contribution in [0.2, 0.25) is 0 Å². The van der Waals surface area contributed by atoms with E-state index in [1.165, 1.54) is 96.3 Å². The minimum Gasteiger partial charge on any atom is -0.466 e. The van der Waals surface area contributed by atoms with Crippen LogP contribution in [-0.4, -0.2) is 23.8 Å². The summed E-state index contributed by atoms with van der Waals surface area (Å²) in [6.07, 6.45) is 24.5. The van der Waals surface area contributed by atoms with E-state index in [9.17, 15) is 9.90 Å². The highest BCUT2D eigenvalue weighted by molar-refractivity contribution is 5.69. The van der Waals surface area contributed by atoms with Gasteiger partial charge in [-0.05, 0) is 25.7 Å². The van der Waals surface area contributed by atoms with E-state index in [0.29, 0.717) is 13.0 Å². The first-order valence-corrected chi connectivity index (χ1v) is 13.0. The molecule has 0 fully saturated rings. The topological polar surface area (TPSA) is 46.5 Å². The smallest absolute Gasteiger partial charge is 0.305 e. The summed E-state index contributed by atoms with van der Waals surface area (Å²) in [6, 6.07) is 0. The highest BCUT2D eigenvalue weighted by Crippen LogP contribution is 2.14. The number of hydrogen-bond acceptors (Lipinski definition) is 3. The Kier molecular flexibility index (Phi) is 23.2. The Morgan fingerprint density at radius 2 is 1.03 bits per heavy atom. The highest BCUT2D eigenvalue weighted by atomic mass is 16.5. The van der Waals surface area contributed by atoms with Crippen LogP contribution in [0.25, 0.3) is 0 Å². The predicted octanol–water partition coefficient (Wildman–Crippen LogP) is 8.12. The molecule has 174 valence electrons. The molecule has 0 radical (unpaired) electrons. The molecule has 29 heavy (non-hydrogen) atoms. The third-order valence-corrected chi connectivity index (χ3v) is 5.82. The van der Waals surface area contributed by atoms with Crippen LogP contribution in [-0.2, 0) is 9.53 Å². The number of aliphatic hydroxyl groups excluding tert-OH is 1. The molecular weight excluding hydrogens is 360 g/mol. The second-order valence-corrected chi connectivity index (χ2v) is 8.86. The maximum atomic E-state index is 11.7. The van der Waals surface area contributed by atoms with Crippen molar-refractivity contribution in [3.63, 3.8) is 0 Å². The summed E-state index contributed by atoms with van der Waals surface area (Å²) in [6.45, 7) is 5.06. The van der Waals surface area contributed by atoms with Gasteiger partial charge in [-0.2, -0.15) is 0 Å². The van der Waals surface area contributed by atoms with Crippen molar-refractivity contribution < 1.29 is 14.6 Å². The maximum absolute atomic E-state index is 11.7. The zero-order chi connectivity index (χ0) is 21.4. The van der Waals surface area contributed by atoms with Crippen LogP contribution in [0.15, 0.2) is 0 Å². The summed E-state index contributed by atoms with van der Waals surface area (Å²) in [5, 5.41) is 9.97. The molecule has 3 nitrogen and oxygen atoms in total. The number of rotatable bonds is 23. The Balaban J connectivity index is 3.21. The molecule has 0 spiro atoms. The minimum absolute atomic E-state index is 0.00758. The normalized spacial score (nSPS) is 12.2. The average molecular weight is 413 g/mol. The molecule has 0 aliphatic rings. The second-order valence-electron chi connectivity index (χ2n) is 8.86. The van der Waals surface area contributed by atoms with E-state index in [-0.39, 0.29) is 12.1 Å². The van der Waals surface area contributed by atoms with Crippen LogP contribution in [0.1, 0.15) is 149 Å². The summed E-state index contributed by atoms with van der Waals surface area (Å²) in [7, 11) is 0. The van der Waals surface area contributed by atoms with Gasteiger partial charge in [-0.15, -0.1) is 0 Å². The molecular formula is C26H52O3. The molecule has 0 unspecified atom stereocenters. The summed E-state index contributed by atoms with van der Waals surface area (Å²) in [5.41, 5.74) is 0. The van der Waals surface area contributed by atoms with Crippen LogP contribution < -0.4 is 0 Å². The molecule has 0 saturated heterocycles. The van der Waals surface area contributed by atoms with Gasteiger partial charge in [0, 0.05) is 6.42 Å². The lowest BCUT2D eigenvalue weighted by molar-refractivity contribution is -0.143. The Bertz CT molecular complexity index is 330. The van der Waals surface area contributed by atoms with Crippen LogP contribution in [0.5, 0.6) is 0 Å². The van der Waals surface area contributed by atoms with Crippen molar-refractivity contribution in [2.75, 3.05) is 6.61 Å². The van der Waals surface area contributed by atoms with Crippen molar-refractivity contribution >= 4 is 5.97 Å². The lowest BCUT2D eigenvalue weighted by Crippen LogP contribution is -2.06. The number of hydrogen-bond donors (Lipinski definition) is 1. The van der Waals surface area contributed by atoms with Crippen molar-refractivity contribution in [1.82, 2.24) is 0 Å². The number of unbranched alkanes of at least 4 members (excludes halogenated alkanes) is 15. The number of carbonyl (C=O) groups excluding carboxylic acids is 1. The molecule has 0 bridgehead atoms. The van der Waals surface area contributed by atoms with Crippen molar-refractivity contribution in [1.29, 1.82) is 0 Å². The van der Waals surface area contributed by atoms with E-state index < -0.39 is 0 Å². The first-order valence-electron chi connectivity index (χ1n) is 13.0. The standard InChI is InChI=1S/C26H52O3/c1-3-5-7-9-16-20-24-29-26(28)23-19-15-13-11-10-12-14-18-22-25(27)21-17-8-6-4-2/h25,27H,3-24H2,1-2H3/t25-/m0/s1. The van der Waals surface area contributed by atoms with Gasteiger partial charge < -0.3 is 9.84 Å². The quantitative estimate of drug-likeness (QED) is 0.136. The summed E-state index contributed by atoms with van der Waals surface area (Å²) < 4.78 is 5.32. The van der Waals surface area contributed by atoms with Crippen molar-refractivity contribution in [3.05, 3.63) is 0 Å². The molecule has 0 aromatic heterocycles. The molecule has 0 saturated carbocycles. The first-order chi connectivity index (χ1) is 14.2. The second kappa shape index (κ2) is 23.7. The number of aliphatic hydroxyl groups is 1. The van der Waals surface area contributed by atoms with E-state index in [1.54, 1.807) is 0 Å². The molecule has 1 atom stereocenters. The number of ether oxygens (including phenoxy) is 1. The zero-order valence-electron chi connectivity index (χ0n) is 19.9. The number of carbonyl (C=O) groups is 1. The molecule has 0 aliphatic carbocycles. The Morgan fingerprint density at radius 3 is 1.59 bits per heavy atom. The summed E-state index contributed by atoms with van der Waals surface area (Å²) >= 11 is 0. The first kappa shape index (κ1) is 28.4. The van der Waals surface area contributed by atoms with Gasteiger partial charge in [0.15, 0.2) is 0 Å². The fourth-order valence-electron chi connectivity index (χ4n) is 3.80. The van der Waals surface area contributed by atoms with Crippen molar-refractivity contribution in [3.8, 4) is 0 Å². The maximum Gasteiger partial charge on any atom is 0.305 e. The monoisotopic (exact) mass is 412 g/mol. The van der Waals surface area contributed by atoms with Crippen LogP contribution in [0.4, 0.5) is 0 Å². The minimum atomic E-state index is -0.0762. The molecule has 3 heteroatoms. The van der Waals surface area contributed by atoms with Crippen LogP contribution >= 0.6 is 0 Å². The third kappa shape index (κ3) is 23.6. The molecule has 0 aliphatic heterocycles. The van der Waals surface area contributed by atoms with E-state index in [2.05, 4.69) is 13.8 Å². The lowest BCUT2D eigenvalue weighted by Gasteiger charge is -2.10. The van der Waals surface area contributed by atoms with Crippen LogP contribution in [0, 0.1) is 0 Å². The summed E-state index contributed by atoms with van der Waals surface area (Å²) in [5.74, 6) is -0.00758. The average Bonchev–Trinajstić information content (AvgIpc) is 2.72. The lowest BCUT2D eigenvalue weighted by atomic mass is 10.0. The molecule has 0 aromatic carbocycles. The van der Waals surface area contributed by atoms with E-state index in [0.717, 1.165) is 32.1 Å². The SMILES string of the molecule is CCCCCCCCOC(=O)CCCCCCCCCC[C@@H](O)CCCCCC. The van der Waals surface area contributed by atoms with Crippen molar-refractivity contribution in [2.24, 2.45) is 0 Å². The Labute approximate surface area is 182 Å². The Morgan fingerprint density at radius 1 is 0.621 bits per heavy atom. The molecule has 1 N–H and O–H groups in total.